The van der Waals surface area contributed by atoms with Gasteiger partial charge in [-0.2, -0.15) is 13.2 Å². The Morgan fingerprint density at radius 1 is 1.38 bits per heavy atom. The zero-order valence-electron chi connectivity index (χ0n) is 11.2. The molecule has 1 atom stereocenters. The maximum absolute atomic E-state index is 12.5. The number of hydrogen-bond donors (Lipinski definition) is 3. The highest BCUT2D eigenvalue weighted by molar-refractivity contribution is 5.80. The largest absolute Gasteiger partial charge is 0.416 e. The molecule has 0 saturated heterocycles. The van der Waals surface area contributed by atoms with E-state index in [9.17, 15) is 23.1 Å². The van der Waals surface area contributed by atoms with E-state index in [4.69, 9.17) is 5.73 Å². The van der Waals surface area contributed by atoms with Crippen LogP contribution >= 0.6 is 0 Å². The van der Waals surface area contributed by atoms with Gasteiger partial charge in [-0.05, 0) is 11.6 Å². The van der Waals surface area contributed by atoms with Gasteiger partial charge in [0, 0.05) is 19.5 Å². The van der Waals surface area contributed by atoms with Gasteiger partial charge in [-0.25, -0.2) is 0 Å². The van der Waals surface area contributed by atoms with Crippen molar-refractivity contribution in [3.8, 4) is 0 Å². The topological polar surface area (TPSA) is 75.3 Å². The van der Waals surface area contributed by atoms with Crippen molar-refractivity contribution in [1.29, 1.82) is 0 Å². The van der Waals surface area contributed by atoms with Crippen LogP contribution in [0, 0.1) is 0 Å². The highest BCUT2D eigenvalue weighted by Crippen LogP contribution is 2.29. The van der Waals surface area contributed by atoms with Crippen LogP contribution < -0.4 is 11.1 Å². The normalized spacial score (nSPS) is 13.4. The van der Waals surface area contributed by atoms with Crippen LogP contribution in [0.4, 0.5) is 13.2 Å². The molecule has 1 aromatic rings. The number of aliphatic hydroxyl groups excluding tert-OH is 1. The van der Waals surface area contributed by atoms with Crippen molar-refractivity contribution in [2.24, 2.45) is 5.73 Å². The first kappa shape index (κ1) is 17.2. The summed E-state index contributed by atoms with van der Waals surface area (Å²) in [5.74, 6) is -0.644. The van der Waals surface area contributed by atoms with Crippen molar-refractivity contribution in [1.82, 2.24) is 5.32 Å². The number of carbonyl (C=O) groups excluding carboxylic acids is 1. The summed E-state index contributed by atoms with van der Waals surface area (Å²) in [7, 11) is 0. The van der Waals surface area contributed by atoms with Crippen molar-refractivity contribution in [3.05, 3.63) is 47.5 Å². The van der Waals surface area contributed by atoms with Gasteiger partial charge < -0.3 is 16.2 Å². The quantitative estimate of drug-likeness (QED) is 0.692. The van der Waals surface area contributed by atoms with E-state index in [2.05, 4.69) is 5.32 Å². The van der Waals surface area contributed by atoms with Crippen LogP contribution in [0.15, 0.2) is 36.4 Å². The second kappa shape index (κ2) is 7.80. The van der Waals surface area contributed by atoms with E-state index >= 15 is 0 Å². The van der Waals surface area contributed by atoms with E-state index in [0.29, 0.717) is 6.54 Å². The standard InChI is InChI=1S/C14H17F3N2O2/c15-14(16,17)11-5-3-4-10(8-11)9-12(20)13(21)19-7-2-1-6-18/h1-5,8,12,20H,6-7,9,18H2,(H,19,21). The molecule has 0 heterocycles. The van der Waals surface area contributed by atoms with Gasteiger partial charge in [0.1, 0.15) is 6.10 Å². The minimum atomic E-state index is -4.45. The van der Waals surface area contributed by atoms with Gasteiger partial charge >= 0.3 is 6.18 Å². The Morgan fingerprint density at radius 3 is 2.71 bits per heavy atom. The second-order valence-electron chi connectivity index (χ2n) is 4.37. The molecular weight excluding hydrogens is 285 g/mol. The van der Waals surface area contributed by atoms with Crippen molar-refractivity contribution < 1.29 is 23.1 Å². The highest BCUT2D eigenvalue weighted by Gasteiger charge is 2.30. The number of aliphatic hydroxyl groups is 1. The van der Waals surface area contributed by atoms with Crippen LogP contribution in [0.2, 0.25) is 0 Å². The number of nitrogens with one attached hydrogen (secondary N) is 1. The minimum absolute atomic E-state index is 0.184. The van der Waals surface area contributed by atoms with Gasteiger partial charge in [0.15, 0.2) is 0 Å². The van der Waals surface area contributed by atoms with Crippen LogP contribution in [0.1, 0.15) is 11.1 Å². The number of carbonyl (C=O) groups is 1. The lowest BCUT2D eigenvalue weighted by Gasteiger charge is -2.12. The summed E-state index contributed by atoms with van der Waals surface area (Å²) in [6.45, 7) is 0.540. The van der Waals surface area contributed by atoms with Gasteiger partial charge in [0.2, 0.25) is 5.91 Å². The molecule has 0 aromatic heterocycles. The SMILES string of the molecule is NCC=CCNC(=O)C(O)Cc1cccc(C(F)(F)F)c1. The smallest absolute Gasteiger partial charge is 0.383 e. The molecule has 21 heavy (non-hydrogen) atoms. The van der Waals surface area contributed by atoms with Crippen LogP contribution in [-0.2, 0) is 17.4 Å². The number of benzene rings is 1. The number of hydrogen-bond acceptors (Lipinski definition) is 3. The molecule has 0 aliphatic carbocycles. The first-order valence-corrected chi connectivity index (χ1v) is 6.31. The van der Waals surface area contributed by atoms with Crippen molar-refractivity contribution in [2.75, 3.05) is 13.1 Å². The molecule has 1 amide bonds. The average molecular weight is 302 g/mol. The highest BCUT2D eigenvalue weighted by atomic mass is 19.4. The van der Waals surface area contributed by atoms with Gasteiger partial charge in [0.25, 0.3) is 0 Å². The Kier molecular flexibility index (Phi) is 6.39. The monoisotopic (exact) mass is 302 g/mol. The summed E-state index contributed by atoms with van der Waals surface area (Å²) in [6, 6.07) is 4.53. The van der Waals surface area contributed by atoms with Gasteiger partial charge in [-0.1, -0.05) is 30.4 Å². The third-order valence-electron chi connectivity index (χ3n) is 2.68. The van der Waals surface area contributed by atoms with Crippen LogP contribution in [0.5, 0.6) is 0 Å². The molecule has 0 fully saturated rings. The molecular formula is C14H17F3N2O2. The fraction of sp³-hybridized carbons (Fsp3) is 0.357. The predicted octanol–water partition coefficient (Wildman–Crippen LogP) is 1.24. The molecule has 1 rings (SSSR count). The average Bonchev–Trinajstić information content (AvgIpc) is 2.42. The lowest BCUT2D eigenvalue weighted by molar-refractivity contribution is -0.137. The first-order valence-electron chi connectivity index (χ1n) is 6.31. The molecule has 0 bridgehead atoms. The predicted molar refractivity (Wildman–Crippen MR) is 72.4 cm³/mol. The summed E-state index contributed by atoms with van der Waals surface area (Å²) in [4.78, 5) is 11.5. The molecule has 0 spiro atoms. The third kappa shape index (κ3) is 5.97. The second-order valence-corrected chi connectivity index (χ2v) is 4.37. The van der Waals surface area contributed by atoms with E-state index in [1.807, 2.05) is 0 Å². The molecule has 0 aliphatic rings. The Hall–Kier alpha value is -1.86. The Morgan fingerprint density at radius 2 is 2.10 bits per heavy atom. The Labute approximate surface area is 120 Å². The maximum atomic E-state index is 12.5. The lowest BCUT2D eigenvalue weighted by Crippen LogP contribution is -2.36. The minimum Gasteiger partial charge on any atom is -0.383 e. The maximum Gasteiger partial charge on any atom is 0.416 e. The summed E-state index contributed by atoms with van der Waals surface area (Å²) in [5.41, 5.74) is 4.65. The zero-order valence-corrected chi connectivity index (χ0v) is 11.2. The van der Waals surface area contributed by atoms with E-state index in [1.54, 1.807) is 12.2 Å². The molecule has 116 valence electrons. The van der Waals surface area contributed by atoms with Crippen molar-refractivity contribution in [2.45, 2.75) is 18.7 Å². The molecule has 7 heteroatoms. The number of nitrogens with two attached hydrogens (primary N) is 1. The zero-order chi connectivity index (χ0) is 15.9. The molecule has 1 aromatic carbocycles. The first-order chi connectivity index (χ1) is 9.84. The fourth-order valence-electron chi connectivity index (χ4n) is 1.65. The molecule has 1 unspecified atom stereocenters. The molecule has 0 aliphatic heterocycles. The summed E-state index contributed by atoms with van der Waals surface area (Å²) in [6.07, 6.45) is -2.78. The molecule has 4 nitrogen and oxygen atoms in total. The van der Waals surface area contributed by atoms with Gasteiger partial charge in [0.05, 0.1) is 5.56 Å². The van der Waals surface area contributed by atoms with Crippen molar-refractivity contribution in [3.63, 3.8) is 0 Å². The summed E-state index contributed by atoms with van der Waals surface area (Å²) in [5, 5.41) is 12.1. The van der Waals surface area contributed by atoms with Gasteiger partial charge in [-0.3, -0.25) is 4.79 Å². The Bertz CT molecular complexity index is 501. The summed E-state index contributed by atoms with van der Waals surface area (Å²) < 4.78 is 37.6. The molecule has 0 saturated carbocycles. The molecule has 4 N–H and O–H groups in total. The number of rotatable bonds is 6. The number of halogens is 3. The lowest BCUT2D eigenvalue weighted by atomic mass is 10.0. The van der Waals surface area contributed by atoms with E-state index in [0.717, 1.165) is 12.1 Å². The van der Waals surface area contributed by atoms with E-state index in [1.165, 1.54) is 12.1 Å². The summed E-state index contributed by atoms with van der Waals surface area (Å²) >= 11 is 0. The van der Waals surface area contributed by atoms with Crippen molar-refractivity contribution >= 4 is 5.91 Å². The Balaban J connectivity index is 2.60. The molecule has 0 radical (unpaired) electrons. The van der Waals surface area contributed by atoms with E-state index in [-0.39, 0.29) is 18.5 Å². The number of amides is 1. The van der Waals surface area contributed by atoms with Gasteiger partial charge in [-0.15, -0.1) is 0 Å². The number of alkyl halides is 3. The van der Waals surface area contributed by atoms with Crippen LogP contribution in [0.25, 0.3) is 0 Å². The van der Waals surface area contributed by atoms with Crippen LogP contribution in [0.3, 0.4) is 0 Å². The fourth-order valence-corrected chi connectivity index (χ4v) is 1.65. The van der Waals surface area contributed by atoms with Crippen LogP contribution in [-0.4, -0.2) is 30.2 Å². The third-order valence-corrected chi connectivity index (χ3v) is 2.68. The van der Waals surface area contributed by atoms with E-state index < -0.39 is 23.8 Å².